The number of para-hydroxylation sites is 6. The van der Waals surface area contributed by atoms with Gasteiger partial charge in [-0.2, -0.15) is 0 Å². The van der Waals surface area contributed by atoms with E-state index >= 15 is 0 Å². The van der Waals surface area contributed by atoms with Gasteiger partial charge in [-0.15, -0.1) is 0 Å². The minimum Gasteiger partial charge on any atom is -0.456 e. The first-order valence-corrected chi connectivity index (χ1v) is 38.5. The molecule has 0 atom stereocenters. The van der Waals surface area contributed by atoms with Crippen molar-refractivity contribution in [2.24, 2.45) is 0 Å². The van der Waals surface area contributed by atoms with Crippen LogP contribution in [0.3, 0.4) is 0 Å². The second-order valence-electron chi connectivity index (χ2n) is 31.9. The average molecular weight is 1410 g/mol. The van der Waals surface area contributed by atoms with Gasteiger partial charge in [0.25, 0.3) is 6.71 Å². The van der Waals surface area contributed by atoms with Crippen LogP contribution in [-0.2, 0) is 10.8 Å². The Kier molecular flexibility index (Phi) is 14.8. The van der Waals surface area contributed by atoms with Crippen LogP contribution in [0.25, 0.3) is 144 Å². The fourth-order valence-corrected chi connectivity index (χ4v) is 18.2. The van der Waals surface area contributed by atoms with Crippen molar-refractivity contribution in [2.45, 2.75) is 52.4 Å². The van der Waals surface area contributed by atoms with Gasteiger partial charge < -0.3 is 23.4 Å². The molecule has 21 rings (SSSR count). The van der Waals surface area contributed by atoms with Crippen molar-refractivity contribution in [1.82, 2.24) is 9.13 Å². The Bertz CT molecular complexity index is 6770. The molecule has 0 amide bonds. The zero-order chi connectivity index (χ0) is 73.7. The average Bonchev–Trinajstić information content (AvgIpc) is 0.865. The largest absolute Gasteiger partial charge is 0.456 e. The van der Waals surface area contributed by atoms with Crippen molar-refractivity contribution in [3.63, 3.8) is 0 Å². The van der Waals surface area contributed by atoms with Gasteiger partial charge in [-0.3, -0.25) is 0 Å². The molecule has 5 heterocycles. The Morgan fingerprint density at radius 1 is 0.255 bits per heavy atom. The van der Waals surface area contributed by atoms with Gasteiger partial charge >= 0.3 is 0 Å². The Morgan fingerprint density at radius 3 is 1.29 bits per heavy atom. The topological polar surface area (TPSA) is 29.5 Å². The van der Waals surface area contributed by atoms with Crippen LogP contribution in [0.1, 0.15) is 52.7 Å². The van der Waals surface area contributed by atoms with Crippen molar-refractivity contribution in [3.05, 3.63) is 369 Å². The second kappa shape index (κ2) is 25.1. The molecule has 6 heteroatoms. The summed E-state index contributed by atoms with van der Waals surface area (Å²) < 4.78 is 11.7. The van der Waals surface area contributed by atoms with Gasteiger partial charge in [0.05, 0.1) is 33.4 Å². The molecule has 0 aliphatic carbocycles. The maximum absolute atomic E-state index is 6.72. The van der Waals surface area contributed by atoms with Crippen molar-refractivity contribution in [1.29, 1.82) is 0 Å². The van der Waals surface area contributed by atoms with E-state index in [1.807, 2.05) is 0 Å². The maximum atomic E-state index is 6.72. The predicted octanol–water partition coefficient (Wildman–Crippen LogP) is 26.5. The molecule has 0 N–H and O–H groups in total. The Balaban J connectivity index is 0.946. The molecule has 0 radical (unpaired) electrons. The first kappa shape index (κ1) is 64.9. The number of benzene rings is 16. The number of anilines is 6. The molecule has 16 aromatic carbocycles. The molecule has 5 nitrogen and oxygen atoms in total. The van der Waals surface area contributed by atoms with E-state index in [0.717, 1.165) is 150 Å². The summed E-state index contributed by atoms with van der Waals surface area (Å²) in [5.74, 6) is 0. The van der Waals surface area contributed by atoms with Gasteiger partial charge in [0.1, 0.15) is 11.2 Å². The van der Waals surface area contributed by atoms with E-state index in [1.165, 1.54) is 54.9 Å². The maximum Gasteiger partial charge on any atom is 0.252 e. The van der Waals surface area contributed by atoms with Gasteiger partial charge in [-0.05, 0) is 162 Å². The molecule has 0 unspecified atom stereocenters. The number of nitrogens with zero attached hydrogens (tertiary/aromatic N) is 4. The minimum absolute atomic E-state index is 0.170. The lowest BCUT2D eigenvalue weighted by Crippen LogP contribution is -2.61. The Morgan fingerprint density at radius 2 is 0.718 bits per heavy atom. The Labute approximate surface area is 641 Å². The third-order valence-electron chi connectivity index (χ3n) is 23.4. The normalized spacial score (nSPS) is 12.8. The van der Waals surface area contributed by atoms with Crippen molar-refractivity contribution in [3.8, 4) is 78.1 Å². The van der Waals surface area contributed by atoms with E-state index in [1.54, 1.807) is 0 Å². The summed E-state index contributed by atoms with van der Waals surface area (Å²) in [6.45, 7) is 13.8. The lowest BCUT2D eigenvalue weighted by Gasteiger charge is -2.46. The zero-order valence-corrected chi connectivity index (χ0v) is 62.3. The quantitative estimate of drug-likeness (QED) is 0.128. The molecule has 2 aliphatic heterocycles. The third-order valence-corrected chi connectivity index (χ3v) is 23.4. The summed E-state index contributed by atoms with van der Waals surface area (Å²) in [5.41, 5.74) is 34.6. The Hall–Kier alpha value is -13.4. The summed E-state index contributed by atoms with van der Waals surface area (Å²) in [6.07, 6.45) is 0. The first-order chi connectivity index (χ1) is 53.9. The third kappa shape index (κ3) is 10.3. The first-order valence-electron chi connectivity index (χ1n) is 38.5. The smallest absolute Gasteiger partial charge is 0.252 e. The monoisotopic (exact) mass is 1410 g/mol. The summed E-state index contributed by atoms with van der Waals surface area (Å²) in [7, 11) is 0. The SMILES string of the molecule is CC(C)(C)c1cc(-c2cc3c4c(c2)N(c2c(-c5ccccc5)cccc2-c2ccccc2)c2cc(-n5c6ccccc6c6cc7oc8ccccc8c7cc65)ccc2B4c2cc(-c4cccc5c4c4ccccc4n5-c4ccccc4)ccc2N3c2c(-c3ccccc3)cccc2-c2ccccc2)cc(C(C)(C)C)c1. The number of furan rings is 1. The number of hydrogen-bond acceptors (Lipinski definition) is 3. The molecule has 0 saturated carbocycles. The van der Waals surface area contributed by atoms with Crippen LogP contribution in [0.2, 0.25) is 0 Å². The molecule has 2 aliphatic rings. The highest BCUT2D eigenvalue weighted by Gasteiger charge is 2.46. The molecule has 0 bridgehead atoms. The van der Waals surface area contributed by atoms with Crippen LogP contribution in [0.4, 0.5) is 34.1 Å². The van der Waals surface area contributed by atoms with E-state index in [4.69, 9.17) is 4.42 Å². The van der Waals surface area contributed by atoms with Gasteiger partial charge in [-0.25, -0.2) is 0 Å². The summed E-state index contributed by atoms with van der Waals surface area (Å²) >= 11 is 0. The van der Waals surface area contributed by atoms with Crippen LogP contribution >= 0.6 is 0 Å². The molecule has 110 heavy (non-hydrogen) atoms. The van der Waals surface area contributed by atoms with Gasteiger partial charge in [0, 0.05) is 88.7 Å². The van der Waals surface area contributed by atoms with Crippen molar-refractivity contribution in [2.75, 3.05) is 9.80 Å². The molecule has 19 aromatic rings. The number of rotatable bonds is 10. The van der Waals surface area contributed by atoms with Crippen molar-refractivity contribution < 1.29 is 4.42 Å². The molecule has 0 fully saturated rings. The van der Waals surface area contributed by atoms with E-state index < -0.39 is 0 Å². The minimum atomic E-state index is -0.320. The van der Waals surface area contributed by atoms with E-state index in [-0.39, 0.29) is 17.5 Å². The highest BCUT2D eigenvalue weighted by atomic mass is 16.3. The van der Waals surface area contributed by atoms with Crippen LogP contribution in [0, 0.1) is 0 Å². The molecule has 0 spiro atoms. The highest BCUT2D eigenvalue weighted by Crippen LogP contribution is 2.55. The van der Waals surface area contributed by atoms with Gasteiger partial charge in [-0.1, -0.05) is 321 Å². The van der Waals surface area contributed by atoms with Crippen LogP contribution < -0.4 is 26.2 Å². The van der Waals surface area contributed by atoms with Gasteiger partial charge in [0.2, 0.25) is 0 Å². The van der Waals surface area contributed by atoms with Gasteiger partial charge in [0.15, 0.2) is 0 Å². The molecule has 3 aromatic heterocycles. The molecular formula is C104H77BN4O. The van der Waals surface area contributed by atoms with E-state index in [9.17, 15) is 0 Å². The zero-order valence-electron chi connectivity index (χ0n) is 62.3. The van der Waals surface area contributed by atoms with E-state index in [2.05, 4.69) is 418 Å². The number of aromatic nitrogens is 2. The summed E-state index contributed by atoms with van der Waals surface area (Å²) in [4.78, 5) is 5.41. The highest BCUT2D eigenvalue weighted by molar-refractivity contribution is 7.00. The standard InChI is InChI=1S/C104H77BN4O/c1-103(2,3)73-57-71(58-74(62-73)104(4,5)6)72-60-95-100-96(61-72)109(102-80(68-35-16-9-17-36-68)47-29-48-81(102)69-37-18-10-19-38-69)94-63-76(107-89-49-25-22-41-82(89)85-65-98-86(64-93(85)107)83-42-24-27-52-97(83)110-98)54-55-87(94)105(100)88-59-70(77-44-30-51-92-99(77)84-43-23-26-50-90(84)106(92)75-39-20-11-21-40-75)53-56-91(88)108(95)101-78(66-31-12-7-13-32-66)45-28-46-79(101)67-33-14-8-15-34-67/h7-65H,1-6H3. The second-order valence-corrected chi connectivity index (χ2v) is 31.9. The molecule has 0 saturated heterocycles. The van der Waals surface area contributed by atoms with Crippen LogP contribution in [-0.4, -0.2) is 15.8 Å². The summed E-state index contributed by atoms with van der Waals surface area (Å²) in [6, 6.07) is 135. The molecule has 522 valence electrons. The van der Waals surface area contributed by atoms with Crippen molar-refractivity contribution >= 4 is 123 Å². The summed E-state index contributed by atoms with van der Waals surface area (Å²) in [5, 5.41) is 6.91. The number of hydrogen-bond donors (Lipinski definition) is 0. The van der Waals surface area contributed by atoms with E-state index in [0.29, 0.717) is 0 Å². The predicted molar refractivity (Wildman–Crippen MR) is 466 cm³/mol. The van der Waals surface area contributed by atoms with Crippen LogP contribution in [0.5, 0.6) is 0 Å². The van der Waals surface area contributed by atoms with Crippen LogP contribution in [0.15, 0.2) is 362 Å². The molecular weight excluding hydrogens is 1330 g/mol. The lowest BCUT2D eigenvalue weighted by atomic mass is 9.33. The fourth-order valence-electron chi connectivity index (χ4n) is 18.2. The fraction of sp³-hybridized carbons (Fsp3) is 0.0769. The lowest BCUT2D eigenvalue weighted by molar-refractivity contribution is 0.569. The number of fused-ring (bicyclic) bond motifs is 13.